The van der Waals surface area contributed by atoms with Gasteiger partial charge in [-0.2, -0.15) is 26.3 Å². The van der Waals surface area contributed by atoms with E-state index in [2.05, 4.69) is 5.32 Å². The summed E-state index contributed by atoms with van der Waals surface area (Å²) in [5, 5.41) is 2.15. The molecule has 0 heterocycles. The number of anilines is 2. The number of nitrogens with one attached hydrogen (secondary N) is 2. The molecule has 0 fully saturated rings. The van der Waals surface area contributed by atoms with E-state index in [4.69, 9.17) is 0 Å². The molecule has 2 rings (SSSR count). The molecule has 1 amide bonds. The third-order valence-electron chi connectivity index (χ3n) is 3.56. The first-order valence-corrected chi connectivity index (χ1v) is 9.69. The lowest BCUT2D eigenvalue weighted by Crippen LogP contribution is -2.18. The van der Waals surface area contributed by atoms with Crippen molar-refractivity contribution in [3.63, 3.8) is 0 Å². The molecular formula is C17H14F6N2O3S. The highest BCUT2D eigenvalue weighted by Gasteiger charge is 2.32. The van der Waals surface area contributed by atoms with Gasteiger partial charge >= 0.3 is 12.4 Å². The van der Waals surface area contributed by atoms with Gasteiger partial charge in [0.05, 0.1) is 35.2 Å². The maximum atomic E-state index is 12.9. The number of hydrogen-bond acceptors (Lipinski definition) is 3. The second kappa shape index (κ2) is 7.93. The Morgan fingerprint density at radius 2 is 1.38 bits per heavy atom. The van der Waals surface area contributed by atoms with Crippen molar-refractivity contribution in [3.8, 4) is 0 Å². The zero-order chi connectivity index (χ0) is 22.0. The Balaban J connectivity index is 2.25. The second-order valence-corrected chi connectivity index (χ2v) is 7.80. The zero-order valence-corrected chi connectivity index (χ0v) is 15.5. The molecule has 0 atom stereocenters. The molecule has 158 valence electrons. The predicted octanol–water partition coefficient (Wildman–Crippen LogP) is 4.28. The minimum absolute atomic E-state index is 0.181. The van der Waals surface area contributed by atoms with Crippen LogP contribution in [0.4, 0.5) is 37.7 Å². The SMILES string of the molecule is CS(=O)(=O)Nc1ccc(C(F)(F)F)cc1NC(=O)Cc1ccc(C(F)(F)F)cc1. The van der Waals surface area contributed by atoms with Crippen LogP contribution < -0.4 is 10.0 Å². The molecule has 0 bridgehead atoms. The lowest BCUT2D eigenvalue weighted by molar-refractivity contribution is -0.138. The standard InChI is InChI=1S/C17H14F6N2O3S/c1-29(27,28)25-13-7-6-12(17(21,22)23)9-14(13)24-15(26)8-10-2-4-11(5-3-10)16(18,19)20/h2-7,9,25H,8H2,1H3,(H,24,26). The van der Waals surface area contributed by atoms with Gasteiger partial charge in [-0.1, -0.05) is 12.1 Å². The van der Waals surface area contributed by atoms with Crippen LogP contribution in [-0.4, -0.2) is 20.6 Å². The largest absolute Gasteiger partial charge is 0.416 e. The maximum Gasteiger partial charge on any atom is 0.416 e. The molecule has 2 aromatic rings. The third-order valence-corrected chi connectivity index (χ3v) is 4.15. The van der Waals surface area contributed by atoms with Crippen LogP contribution in [0.25, 0.3) is 0 Å². The highest BCUT2D eigenvalue weighted by Crippen LogP contribution is 2.34. The van der Waals surface area contributed by atoms with E-state index in [1.165, 1.54) is 0 Å². The van der Waals surface area contributed by atoms with Crippen LogP contribution in [0.3, 0.4) is 0 Å². The molecule has 2 aromatic carbocycles. The third kappa shape index (κ3) is 6.66. The molecule has 0 saturated carbocycles. The number of alkyl halides is 6. The van der Waals surface area contributed by atoms with E-state index in [9.17, 15) is 39.6 Å². The molecule has 0 aliphatic carbocycles. The van der Waals surface area contributed by atoms with Gasteiger partial charge in [0, 0.05) is 0 Å². The van der Waals surface area contributed by atoms with Gasteiger partial charge in [-0.3, -0.25) is 9.52 Å². The van der Waals surface area contributed by atoms with Crippen molar-refractivity contribution in [3.05, 3.63) is 59.2 Å². The van der Waals surface area contributed by atoms with E-state index >= 15 is 0 Å². The number of carbonyl (C=O) groups is 1. The van der Waals surface area contributed by atoms with Crippen molar-refractivity contribution in [1.82, 2.24) is 0 Å². The minimum Gasteiger partial charge on any atom is -0.324 e. The molecule has 0 aliphatic rings. The number of amides is 1. The first-order valence-electron chi connectivity index (χ1n) is 7.80. The van der Waals surface area contributed by atoms with Crippen LogP contribution in [0.5, 0.6) is 0 Å². The average molecular weight is 440 g/mol. The highest BCUT2D eigenvalue weighted by atomic mass is 32.2. The topological polar surface area (TPSA) is 75.3 Å². The molecule has 0 saturated heterocycles. The smallest absolute Gasteiger partial charge is 0.324 e. The fraction of sp³-hybridized carbons (Fsp3) is 0.235. The predicted molar refractivity (Wildman–Crippen MR) is 93.7 cm³/mol. The Kier molecular flexibility index (Phi) is 6.16. The molecule has 0 aromatic heterocycles. The summed E-state index contributed by atoms with van der Waals surface area (Å²) in [5.41, 5.74) is -2.59. The van der Waals surface area contributed by atoms with E-state index in [1.54, 1.807) is 0 Å². The Bertz CT molecular complexity index is 999. The van der Waals surface area contributed by atoms with E-state index in [-0.39, 0.29) is 11.3 Å². The molecule has 0 radical (unpaired) electrons. The molecule has 5 nitrogen and oxygen atoms in total. The number of carbonyl (C=O) groups excluding carboxylic acids is 1. The first kappa shape index (κ1) is 22.5. The summed E-state index contributed by atoms with van der Waals surface area (Å²) in [6, 6.07) is 5.69. The van der Waals surface area contributed by atoms with Crippen LogP contribution >= 0.6 is 0 Å². The Hall–Kier alpha value is -2.76. The van der Waals surface area contributed by atoms with Crippen molar-refractivity contribution in [2.45, 2.75) is 18.8 Å². The number of benzene rings is 2. The van der Waals surface area contributed by atoms with Gasteiger partial charge in [-0.25, -0.2) is 8.42 Å². The van der Waals surface area contributed by atoms with Crippen molar-refractivity contribution < 1.29 is 39.6 Å². The van der Waals surface area contributed by atoms with Crippen LogP contribution in [0.2, 0.25) is 0 Å². The summed E-state index contributed by atoms with van der Waals surface area (Å²) >= 11 is 0. The summed E-state index contributed by atoms with van der Waals surface area (Å²) in [6.07, 6.45) is -8.95. The highest BCUT2D eigenvalue weighted by molar-refractivity contribution is 7.92. The van der Waals surface area contributed by atoms with Crippen molar-refractivity contribution in [1.29, 1.82) is 0 Å². The van der Waals surface area contributed by atoms with Crippen molar-refractivity contribution in [2.24, 2.45) is 0 Å². The average Bonchev–Trinajstić information content (AvgIpc) is 2.53. The Morgan fingerprint density at radius 3 is 1.86 bits per heavy atom. The monoisotopic (exact) mass is 440 g/mol. The summed E-state index contributed by atoms with van der Waals surface area (Å²) in [4.78, 5) is 12.2. The quantitative estimate of drug-likeness (QED) is 0.682. The maximum absolute atomic E-state index is 12.9. The van der Waals surface area contributed by atoms with E-state index < -0.39 is 51.5 Å². The number of hydrogen-bond donors (Lipinski definition) is 2. The molecule has 12 heteroatoms. The fourth-order valence-corrected chi connectivity index (χ4v) is 2.88. The molecular weight excluding hydrogens is 426 g/mol. The lowest BCUT2D eigenvalue weighted by Gasteiger charge is -2.15. The summed E-state index contributed by atoms with van der Waals surface area (Å²) in [5.74, 6) is -0.847. The van der Waals surface area contributed by atoms with Gasteiger partial charge in [-0.15, -0.1) is 0 Å². The fourth-order valence-electron chi connectivity index (χ4n) is 2.30. The summed E-state index contributed by atoms with van der Waals surface area (Å²) in [6.45, 7) is 0. The summed E-state index contributed by atoms with van der Waals surface area (Å²) < 4.78 is 101. The number of halogens is 6. The first-order chi connectivity index (χ1) is 13.1. The van der Waals surface area contributed by atoms with Gasteiger partial charge in [0.15, 0.2) is 0 Å². The zero-order valence-electron chi connectivity index (χ0n) is 14.6. The van der Waals surface area contributed by atoms with Crippen LogP contribution in [0.15, 0.2) is 42.5 Å². The normalized spacial score (nSPS) is 12.5. The van der Waals surface area contributed by atoms with Gasteiger partial charge < -0.3 is 5.32 Å². The van der Waals surface area contributed by atoms with Crippen molar-refractivity contribution in [2.75, 3.05) is 16.3 Å². The van der Waals surface area contributed by atoms with Gasteiger partial charge in [-0.05, 0) is 35.9 Å². The molecule has 0 unspecified atom stereocenters. The van der Waals surface area contributed by atoms with Crippen LogP contribution in [0, 0.1) is 0 Å². The number of rotatable bonds is 5. The van der Waals surface area contributed by atoms with Gasteiger partial charge in [0.1, 0.15) is 0 Å². The van der Waals surface area contributed by atoms with E-state index in [0.29, 0.717) is 12.1 Å². The summed E-state index contributed by atoms with van der Waals surface area (Å²) in [7, 11) is -3.85. The van der Waals surface area contributed by atoms with Gasteiger partial charge in [0.2, 0.25) is 15.9 Å². The van der Waals surface area contributed by atoms with E-state index in [1.807, 2.05) is 4.72 Å². The second-order valence-electron chi connectivity index (χ2n) is 6.05. The van der Waals surface area contributed by atoms with Gasteiger partial charge in [0.25, 0.3) is 0 Å². The number of sulfonamides is 1. The van der Waals surface area contributed by atoms with Crippen molar-refractivity contribution >= 4 is 27.3 Å². The van der Waals surface area contributed by atoms with E-state index in [0.717, 1.165) is 36.6 Å². The molecule has 0 aliphatic heterocycles. The molecule has 0 spiro atoms. The van der Waals surface area contributed by atoms with Crippen LogP contribution in [0.1, 0.15) is 16.7 Å². The Morgan fingerprint density at radius 1 is 0.862 bits per heavy atom. The minimum atomic E-state index is -4.74. The van der Waals surface area contributed by atoms with Crippen LogP contribution in [-0.2, 0) is 33.6 Å². The molecule has 2 N–H and O–H groups in total. The Labute approximate surface area is 161 Å². The lowest BCUT2D eigenvalue weighted by atomic mass is 10.1. The molecule has 29 heavy (non-hydrogen) atoms.